The Hall–Kier alpha value is -6.97. The van der Waals surface area contributed by atoms with E-state index in [0.29, 0.717) is 0 Å². The van der Waals surface area contributed by atoms with Crippen molar-refractivity contribution >= 4 is 70.9 Å². The van der Waals surface area contributed by atoms with Gasteiger partial charge in [0.15, 0.2) is 0 Å². The smallest absolute Gasteiger partial charge is 0.128 e. The van der Waals surface area contributed by atoms with Gasteiger partial charge in [0.1, 0.15) is 6.17 Å². The van der Waals surface area contributed by atoms with Crippen LogP contribution in [0.25, 0.3) is 82.0 Å². The van der Waals surface area contributed by atoms with E-state index in [-0.39, 0.29) is 12.1 Å². The molecule has 0 spiro atoms. The molecule has 0 amide bonds. The molecule has 2 atom stereocenters. The summed E-state index contributed by atoms with van der Waals surface area (Å²) < 4.78 is 5.00. The largest absolute Gasteiger partial charge is 0.317 e. The quantitative estimate of drug-likeness (QED) is 0.109. The number of para-hydroxylation sites is 2. The number of aliphatic imine (C=N–C) groups is 1. The Morgan fingerprint density at radius 1 is 0.500 bits per heavy atom. The molecule has 0 saturated carbocycles. The number of nitrogens with zero attached hydrogens (tertiary/aromatic N) is 3. The van der Waals surface area contributed by atoms with Gasteiger partial charge in [0.2, 0.25) is 0 Å². The maximum absolute atomic E-state index is 5.95. The van der Waals surface area contributed by atoms with Crippen LogP contribution in [-0.2, 0) is 0 Å². The van der Waals surface area contributed by atoms with E-state index in [9.17, 15) is 0 Å². The van der Waals surface area contributed by atoms with Crippen LogP contribution in [0.2, 0.25) is 0 Å². The molecule has 9 aromatic carbocycles. The van der Waals surface area contributed by atoms with Gasteiger partial charge in [-0.3, -0.25) is 4.99 Å². The monoisotopic (exact) mass is 745 g/mol. The minimum absolute atomic E-state index is 0.155. The lowest BCUT2D eigenvalue weighted by atomic mass is 9.93. The van der Waals surface area contributed by atoms with Crippen LogP contribution in [0, 0.1) is 12.8 Å². The van der Waals surface area contributed by atoms with Crippen molar-refractivity contribution in [2.24, 2.45) is 10.9 Å². The van der Waals surface area contributed by atoms with Crippen LogP contribution in [0.1, 0.15) is 43.1 Å². The van der Waals surface area contributed by atoms with E-state index in [1.54, 1.807) is 0 Å². The van der Waals surface area contributed by atoms with Gasteiger partial charge in [0.25, 0.3) is 0 Å². The molecule has 2 aromatic heterocycles. The molecule has 11 aromatic rings. The zero-order chi connectivity index (χ0) is 38.9. The molecule has 0 fully saturated rings. The van der Waals surface area contributed by atoms with E-state index in [0.717, 1.165) is 23.3 Å². The highest BCUT2D eigenvalue weighted by Gasteiger charge is 2.27. The zero-order valence-corrected chi connectivity index (χ0v) is 33.0. The Labute approximate surface area is 338 Å². The Morgan fingerprint density at radius 2 is 1.09 bits per heavy atom. The lowest BCUT2D eigenvalue weighted by Gasteiger charge is -2.25. The van der Waals surface area contributed by atoms with E-state index in [1.165, 1.54) is 87.5 Å². The van der Waals surface area contributed by atoms with E-state index in [2.05, 4.69) is 212 Å². The normalized spacial score (nSPS) is 13.5. The molecular weight excluding hydrogens is 703 g/mol. The standard InChI is InChI=1S/C55H43N3/c1-4-35(2)55(56-54(41-25-12-11-18-36(41)3)39-22-15-21-38(32-39)37-19-7-5-8-20-37)58-49-30-16-27-43-45-33-47-42-26-13-14-29-48(42)57(40-23-9-6-10-24-40)51(47)34-46(45)44-28-17-31-50(58)53(44)52(43)49/h5-35,55H,4H2,1-3H3/b56-54-. The number of aromatic nitrogens is 2. The molecule has 3 nitrogen and oxygen atoms in total. The summed E-state index contributed by atoms with van der Waals surface area (Å²) in [5.41, 5.74) is 13.0. The summed E-state index contributed by atoms with van der Waals surface area (Å²) in [6.45, 7) is 6.87. The third kappa shape index (κ3) is 5.23. The van der Waals surface area contributed by atoms with Gasteiger partial charge in [-0.1, -0.05) is 147 Å². The highest BCUT2D eigenvalue weighted by atomic mass is 15.1. The summed E-state index contributed by atoms with van der Waals surface area (Å²) in [7, 11) is 0. The first-order valence-corrected chi connectivity index (χ1v) is 20.6. The van der Waals surface area contributed by atoms with Gasteiger partial charge >= 0.3 is 0 Å². The third-order valence-electron chi connectivity index (χ3n) is 12.6. The molecule has 2 unspecified atom stereocenters. The number of rotatable bonds is 8. The van der Waals surface area contributed by atoms with Gasteiger partial charge in [0, 0.05) is 38.4 Å². The highest BCUT2D eigenvalue weighted by Crippen LogP contribution is 2.47. The van der Waals surface area contributed by atoms with Crippen LogP contribution < -0.4 is 0 Å². The molecule has 0 saturated heterocycles. The molecule has 2 heterocycles. The first-order chi connectivity index (χ1) is 28.6. The molecule has 11 rings (SSSR count). The minimum Gasteiger partial charge on any atom is -0.317 e. The lowest BCUT2D eigenvalue weighted by molar-refractivity contribution is 0.372. The second-order valence-electron chi connectivity index (χ2n) is 15.9. The SMILES string of the molecule is CCC(C)C(/N=C(/c1cccc(-c2ccccc2)c1)c1ccccc1C)n1c2cccc3c4cc5c6ccccc6n(-c6ccccc6)c5cc4c4cccc1c4c32. The average molecular weight is 746 g/mol. The minimum atomic E-state index is -0.155. The van der Waals surface area contributed by atoms with E-state index < -0.39 is 0 Å². The van der Waals surface area contributed by atoms with Crippen molar-refractivity contribution < 1.29 is 0 Å². The Bertz CT molecular complexity index is 3350. The topological polar surface area (TPSA) is 22.2 Å². The first kappa shape index (κ1) is 34.3. The van der Waals surface area contributed by atoms with Crippen molar-refractivity contribution in [3.8, 4) is 16.8 Å². The molecule has 0 aliphatic carbocycles. The van der Waals surface area contributed by atoms with Gasteiger partial charge < -0.3 is 9.13 Å². The maximum Gasteiger partial charge on any atom is 0.128 e. The average Bonchev–Trinajstić information content (AvgIpc) is 3.79. The van der Waals surface area contributed by atoms with Crippen LogP contribution in [0.4, 0.5) is 0 Å². The predicted molar refractivity (Wildman–Crippen MR) is 247 cm³/mol. The Balaban J connectivity index is 1.21. The highest BCUT2D eigenvalue weighted by molar-refractivity contribution is 6.35. The maximum atomic E-state index is 5.95. The molecule has 0 radical (unpaired) electrons. The summed E-state index contributed by atoms with van der Waals surface area (Å²) in [5.74, 6) is 0.255. The number of hydrogen-bond acceptors (Lipinski definition) is 1. The summed E-state index contributed by atoms with van der Waals surface area (Å²) in [6.07, 6.45) is 0.832. The molecule has 0 aliphatic heterocycles. The summed E-state index contributed by atoms with van der Waals surface area (Å²) in [6, 6.07) is 66.6. The van der Waals surface area contributed by atoms with Crippen molar-refractivity contribution in [3.63, 3.8) is 0 Å². The lowest BCUT2D eigenvalue weighted by Crippen LogP contribution is -2.18. The fourth-order valence-electron chi connectivity index (χ4n) is 9.58. The number of aryl methyl sites for hydroxylation is 1. The number of benzene rings is 9. The number of fused-ring (bicyclic) bond motifs is 6. The van der Waals surface area contributed by atoms with Crippen LogP contribution in [0.5, 0.6) is 0 Å². The molecule has 0 bridgehead atoms. The molecule has 0 aliphatic rings. The van der Waals surface area contributed by atoms with Gasteiger partial charge in [-0.15, -0.1) is 0 Å². The van der Waals surface area contributed by atoms with Gasteiger partial charge in [-0.25, -0.2) is 0 Å². The Morgan fingerprint density at radius 3 is 1.81 bits per heavy atom. The van der Waals surface area contributed by atoms with Crippen molar-refractivity contribution in [3.05, 3.63) is 199 Å². The van der Waals surface area contributed by atoms with Crippen LogP contribution >= 0.6 is 0 Å². The third-order valence-corrected chi connectivity index (χ3v) is 12.6. The van der Waals surface area contributed by atoms with Crippen LogP contribution in [-0.4, -0.2) is 14.8 Å². The fourth-order valence-corrected chi connectivity index (χ4v) is 9.58. The second kappa shape index (κ2) is 13.6. The molecule has 278 valence electrons. The summed E-state index contributed by atoms with van der Waals surface area (Å²) in [4.78, 5) is 5.95. The predicted octanol–water partition coefficient (Wildman–Crippen LogP) is 14.7. The molecule has 3 heteroatoms. The molecule has 58 heavy (non-hydrogen) atoms. The fraction of sp³-hybridized carbons (Fsp3) is 0.109. The van der Waals surface area contributed by atoms with E-state index in [1.807, 2.05) is 0 Å². The van der Waals surface area contributed by atoms with Crippen molar-refractivity contribution in [1.29, 1.82) is 0 Å². The van der Waals surface area contributed by atoms with Gasteiger partial charge in [0.05, 0.1) is 27.8 Å². The molecular formula is C55H43N3. The van der Waals surface area contributed by atoms with E-state index in [4.69, 9.17) is 4.99 Å². The van der Waals surface area contributed by atoms with Gasteiger partial charge in [-0.2, -0.15) is 0 Å². The molecule has 0 N–H and O–H groups in total. The van der Waals surface area contributed by atoms with Crippen molar-refractivity contribution in [2.45, 2.75) is 33.4 Å². The van der Waals surface area contributed by atoms with Crippen molar-refractivity contribution in [1.82, 2.24) is 9.13 Å². The van der Waals surface area contributed by atoms with E-state index >= 15 is 0 Å². The first-order valence-electron chi connectivity index (χ1n) is 20.6. The zero-order valence-electron chi connectivity index (χ0n) is 33.0. The van der Waals surface area contributed by atoms with Crippen molar-refractivity contribution in [2.75, 3.05) is 0 Å². The second-order valence-corrected chi connectivity index (χ2v) is 15.9. The summed E-state index contributed by atoms with van der Waals surface area (Å²) >= 11 is 0. The number of hydrogen-bond donors (Lipinski definition) is 0. The van der Waals surface area contributed by atoms with Crippen LogP contribution in [0.15, 0.2) is 187 Å². The van der Waals surface area contributed by atoms with Gasteiger partial charge in [-0.05, 0) is 106 Å². The van der Waals surface area contributed by atoms with Crippen LogP contribution in [0.3, 0.4) is 0 Å². The Kier molecular flexibility index (Phi) is 8.04. The summed E-state index contributed by atoms with van der Waals surface area (Å²) in [5, 5.41) is 10.3.